The smallest absolute Gasteiger partial charge is 0.0593 e. The van der Waals surface area contributed by atoms with E-state index in [0.29, 0.717) is 0 Å². The Balaban J connectivity index is 1.72. The Labute approximate surface area is 118 Å². The fourth-order valence-corrected chi connectivity index (χ4v) is 1.70. The molecule has 2 N–H and O–H groups in total. The van der Waals surface area contributed by atoms with Crippen molar-refractivity contribution in [2.24, 2.45) is 5.92 Å². The van der Waals surface area contributed by atoms with Gasteiger partial charge in [-0.05, 0) is 39.4 Å². The molecule has 19 heavy (non-hydrogen) atoms. The monoisotopic (exact) mass is 273 g/mol. The van der Waals surface area contributed by atoms with Crippen molar-refractivity contribution >= 4 is 0 Å². The Morgan fingerprint density at radius 3 is 2.21 bits per heavy atom. The highest BCUT2D eigenvalue weighted by molar-refractivity contribution is 4.74. The van der Waals surface area contributed by atoms with Gasteiger partial charge in [0.15, 0.2) is 0 Å². The number of rotatable bonds is 14. The zero-order valence-corrected chi connectivity index (χ0v) is 12.6. The molecule has 0 aromatic carbocycles. The number of nitrogens with one attached hydrogen (secondary N) is 2. The summed E-state index contributed by atoms with van der Waals surface area (Å²) in [5, 5.41) is 6.49. The Morgan fingerprint density at radius 2 is 1.63 bits per heavy atom. The lowest BCUT2D eigenvalue weighted by Gasteiger charge is -2.16. The van der Waals surface area contributed by atoms with Gasteiger partial charge in [-0.3, -0.25) is 0 Å². The first-order valence-corrected chi connectivity index (χ1v) is 7.52. The lowest BCUT2D eigenvalue weighted by atomic mass is 10.4. The van der Waals surface area contributed by atoms with Crippen LogP contribution in [0.4, 0.5) is 0 Å². The van der Waals surface area contributed by atoms with Gasteiger partial charge in [-0.25, -0.2) is 0 Å². The largest absolute Gasteiger partial charge is 0.379 e. The Bertz CT molecular complexity index is 201. The van der Waals surface area contributed by atoms with Crippen molar-refractivity contribution in [2.75, 3.05) is 73.2 Å². The topological polar surface area (TPSA) is 45.8 Å². The van der Waals surface area contributed by atoms with E-state index in [1.807, 2.05) is 7.05 Å². The third kappa shape index (κ3) is 11.3. The van der Waals surface area contributed by atoms with Crippen LogP contribution in [0.25, 0.3) is 0 Å². The molecule has 0 spiro atoms. The van der Waals surface area contributed by atoms with Crippen LogP contribution < -0.4 is 10.6 Å². The van der Waals surface area contributed by atoms with E-state index in [-0.39, 0.29) is 0 Å². The summed E-state index contributed by atoms with van der Waals surface area (Å²) in [5.41, 5.74) is 0. The summed E-state index contributed by atoms with van der Waals surface area (Å²) >= 11 is 0. The van der Waals surface area contributed by atoms with Crippen molar-refractivity contribution in [2.45, 2.75) is 12.8 Å². The molecule has 1 aliphatic rings. The van der Waals surface area contributed by atoms with Crippen molar-refractivity contribution in [3.8, 4) is 0 Å². The molecule has 0 aromatic rings. The van der Waals surface area contributed by atoms with Crippen molar-refractivity contribution in [3.05, 3.63) is 0 Å². The first kappa shape index (κ1) is 16.9. The summed E-state index contributed by atoms with van der Waals surface area (Å²) in [5.74, 6) is 0.953. The molecule has 5 heteroatoms. The summed E-state index contributed by atoms with van der Waals surface area (Å²) in [6.07, 6.45) is 2.82. The average molecular weight is 273 g/mol. The van der Waals surface area contributed by atoms with E-state index in [2.05, 4.69) is 22.6 Å². The molecule has 1 fully saturated rings. The predicted octanol–water partition coefficient (Wildman–Crippen LogP) is 0.170. The molecule has 0 atom stereocenters. The van der Waals surface area contributed by atoms with Crippen LogP contribution in [0.3, 0.4) is 0 Å². The van der Waals surface area contributed by atoms with E-state index in [9.17, 15) is 0 Å². The summed E-state index contributed by atoms with van der Waals surface area (Å²) in [7, 11) is 4.04. The van der Waals surface area contributed by atoms with Crippen molar-refractivity contribution in [3.63, 3.8) is 0 Å². The highest BCUT2D eigenvalue weighted by Crippen LogP contribution is 2.27. The van der Waals surface area contributed by atoms with Crippen LogP contribution in [0, 0.1) is 5.92 Å². The second-order valence-corrected chi connectivity index (χ2v) is 5.28. The predicted molar refractivity (Wildman–Crippen MR) is 78.7 cm³/mol. The SMILES string of the molecule is CNCCOCCN(C)CCOCCNCC1CC1. The average Bonchev–Trinajstić information content (AvgIpc) is 3.21. The van der Waals surface area contributed by atoms with E-state index < -0.39 is 0 Å². The van der Waals surface area contributed by atoms with Gasteiger partial charge in [0.05, 0.1) is 26.4 Å². The van der Waals surface area contributed by atoms with Crippen LogP contribution in [0.1, 0.15) is 12.8 Å². The third-order valence-corrected chi connectivity index (χ3v) is 3.28. The van der Waals surface area contributed by atoms with Gasteiger partial charge in [-0.1, -0.05) is 0 Å². The van der Waals surface area contributed by atoms with E-state index in [0.717, 1.165) is 58.5 Å². The van der Waals surface area contributed by atoms with E-state index in [1.165, 1.54) is 19.4 Å². The molecule has 0 bridgehead atoms. The molecule has 1 saturated carbocycles. The summed E-state index contributed by atoms with van der Waals surface area (Å²) in [4.78, 5) is 2.25. The zero-order chi connectivity index (χ0) is 13.8. The minimum Gasteiger partial charge on any atom is -0.379 e. The standard InChI is InChI=1S/C14H31N3O2/c1-15-5-9-18-11-7-17(2)8-12-19-10-6-16-13-14-3-4-14/h14-16H,3-13H2,1-2H3. The molecule has 5 nitrogen and oxygen atoms in total. The molecule has 0 aromatic heterocycles. The molecule has 0 heterocycles. The molecular weight excluding hydrogens is 242 g/mol. The minimum absolute atomic E-state index is 0.785. The Morgan fingerprint density at radius 1 is 1.00 bits per heavy atom. The fraction of sp³-hybridized carbons (Fsp3) is 1.00. The summed E-state index contributed by atoms with van der Waals surface area (Å²) < 4.78 is 11.1. The molecule has 0 aliphatic heterocycles. The van der Waals surface area contributed by atoms with Crippen LogP contribution >= 0.6 is 0 Å². The molecule has 0 amide bonds. The third-order valence-electron chi connectivity index (χ3n) is 3.28. The molecule has 1 rings (SSSR count). The first-order valence-electron chi connectivity index (χ1n) is 7.52. The van der Waals surface area contributed by atoms with Crippen LogP contribution in [0.5, 0.6) is 0 Å². The van der Waals surface area contributed by atoms with Gasteiger partial charge in [0.25, 0.3) is 0 Å². The molecule has 0 saturated heterocycles. The van der Waals surface area contributed by atoms with Crippen molar-refractivity contribution < 1.29 is 9.47 Å². The number of hydrogen-bond donors (Lipinski definition) is 2. The van der Waals surface area contributed by atoms with Gasteiger partial charge in [-0.15, -0.1) is 0 Å². The highest BCUT2D eigenvalue weighted by Gasteiger charge is 2.19. The van der Waals surface area contributed by atoms with Crippen LogP contribution in [-0.4, -0.2) is 78.1 Å². The number of hydrogen-bond acceptors (Lipinski definition) is 5. The zero-order valence-electron chi connectivity index (χ0n) is 12.6. The van der Waals surface area contributed by atoms with Crippen molar-refractivity contribution in [1.29, 1.82) is 0 Å². The fourth-order valence-electron chi connectivity index (χ4n) is 1.70. The Hall–Kier alpha value is -0.200. The maximum atomic E-state index is 5.60. The van der Waals surface area contributed by atoms with Crippen molar-refractivity contribution in [1.82, 2.24) is 15.5 Å². The van der Waals surface area contributed by atoms with Gasteiger partial charge in [-0.2, -0.15) is 0 Å². The van der Waals surface area contributed by atoms with Gasteiger partial charge in [0.2, 0.25) is 0 Å². The maximum absolute atomic E-state index is 5.60. The number of ether oxygens (including phenoxy) is 2. The lowest BCUT2D eigenvalue weighted by molar-refractivity contribution is 0.0862. The van der Waals surface area contributed by atoms with Gasteiger partial charge in [0, 0.05) is 26.2 Å². The van der Waals surface area contributed by atoms with E-state index >= 15 is 0 Å². The van der Waals surface area contributed by atoms with Crippen LogP contribution in [0.15, 0.2) is 0 Å². The normalized spacial score (nSPS) is 15.3. The van der Waals surface area contributed by atoms with Crippen LogP contribution in [-0.2, 0) is 9.47 Å². The quantitative estimate of drug-likeness (QED) is 0.442. The lowest BCUT2D eigenvalue weighted by Crippen LogP contribution is -2.29. The molecule has 0 radical (unpaired) electrons. The first-order chi connectivity index (χ1) is 9.33. The van der Waals surface area contributed by atoms with E-state index in [1.54, 1.807) is 0 Å². The molecule has 1 aliphatic carbocycles. The van der Waals surface area contributed by atoms with Gasteiger partial charge >= 0.3 is 0 Å². The number of nitrogens with zero attached hydrogens (tertiary/aromatic N) is 1. The summed E-state index contributed by atoms with van der Waals surface area (Å²) in [6.45, 7) is 8.21. The second kappa shape index (κ2) is 11.6. The highest BCUT2D eigenvalue weighted by atomic mass is 16.5. The second-order valence-electron chi connectivity index (χ2n) is 5.28. The maximum Gasteiger partial charge on any atom is 0.0593 e. The number of likely N-dealkylation sites (N-methyl/N-ethyl adjacent to an activating group) is 2. The molecule has 0 unspecified atom stereocenters. The van der Waals surface area contributed by atoms with Gasteiger partial charge < -0.3 is 25.0 Å². The molecule has 114 valence electrons. The molecular formula is C14H31N3O2. The summed E-state index contributed by atoms with van der Waals surface area (Å²) in [6, 6.07) is 0. The Kier molecular flexibility index (Phi) is 10.3. The minimum atomic E-state index is 0.785. The van der Waals surface area contributed by atoms with Crippen LogP contribution in [0.2, 0.25) is 0 Å². The van der Waals surface area contributed by atoms with E-state index in [4.69, 9.17) is 9.47 Å². The van der Waals surface area contributed by atoms with Gasteiger partial charge in [0.1, 0.15) is 0 Å².